The second kappa shape index (κ2) is 7.69. The normalized spacial score (nSPS) is 19.9. The van der Waals surface area contributed by atoms with Crippen molar-refractivity contribution in [2.24, 2.45) is 0 Å². The van der Waals surface area contributed by atoms with Gasteiger partial charge in [0.05, 0.1) is 20.3 Å². The van der Waals surface area contributed by atoms with Crippen molar-refractivity contribution in [1.82, 2.24) is 4.90 Å². The first-order chi connectivity index (χ1) is 14.2. The third kappa shape index (κ3) is 3.59. The van der Waals surface area contributed by atoms with Crippen molar-refractivity contribution >= 4 is 16.5 Å². The molecule has 0 saturated carbocycles. The molecule has 1 fully saturated rings. The molecular weight excluding hydrogens is 360 g/mol. The fourth-order valence-electron chi connectivity index (χ4n) is 4.72. The first kappa shape index (κ1) is 18.5. The number of ether oxygens (including phenoxy) is 2. The highest BCUT2D eigenvalue weighted by molar-refractivity contribution is 5.84. The summed E-state index contributed by atoms with van der Waals surface area (Å²) in [5.74, 6) is 1.30. The summed E-state index contributed by atoms with van der Waals surface area (Å²) in [6.45, 7) is 5.64. The summed E-state index contributed by atoms with van der Waals surface area (Å²) >= 11 is 0. The lowest BCUT2D eigenvalue weighted by molar-refractivity contribution is 0.122. The molecule has 0 aromatic heterocycles. The molecule has 29 heavy (non-hydrogen) atoms. The summed E-state index contributed by atoms with van der Waals surface area (Å²) in [4.78, 5) is 4.88. The third-order valence-electron chi connectivity index (χ3n) is 6.29. The van der Waals surface area contributed by atoms with E-state index in [1.165, 1.54) is 33.2 Å². The molecule has 0 bridgehead atoms. The molecule has 150 valence electrons. The average molecular weight is 389 g/mol. The molecule has 1 atom stereocenters. The van der Waals surface area contributed by atoms with Gasteiger partial charge in [0.2, 0.25) is 0 Å². The van der Waals surface area contributed by atoms with E-state index in [-0.39, 0.29) is 0 Å². The summed E-state index contributed by atoms with van der Waals surface area (Å²) in [6.07, 6.45) is 0. The van der Waals surface area contributed by atoms with Crippen LogP contribution in [-0.4, -0.2) is 51.9 Å². The highest BCUT2D eigenvalue weighted by atomic mass is 16.5. The standard InChI is InChI=1S/C25H28N2O2/c1-26-16-21-14-22(27-9-11-29-12-10-27)6-8-24(21)25(17-26)19-4-3-18-5-7-23(28-2)15-20(18)13-19/h3-8,13-15,25H,9-12,16-17H2,1-2H3. The van der Waals surface area contributed by atoms with Crippen LogP contribution in [0.5, 0.6) is 5.75 Å². The Morgan fingerprint density at radius 2 is 1.76 bits per heavy atom. The molecule has 4 nitrogen and oxygen atoms in total. The van der Waals surface area contributed by atoms with Gasteiger partial charge in [0.25, 0.3) is 0 Å². The molecule has 0 aliphatic carbocycles. The van der Waals surface area contributed by atoms with Crippen LogP contribution in [-0.2, 0) is 11.3 Å². The highest BCUT2D eigenvalue weighted by Crippen LogP contribution is 2.36. The van der Waals surface area contributed by atoms with Gasteiger partial charge in [-0.25, -0.2) is 0 Å². The first-order valence-corrected chi connectivity index (χ1v) is 10.4. The number of fused-ring (bicyclic) bond motifs is 2. The monoisotopic (exact) mass is 388 g/mol. The molecule has 4 heteroatoms. The van der Waals surface area contributed by atoms with Crippen molar-refractivity contribution in [3.05, 3.63) is 71.3 Å². The summed E-state index contributed by atoms with van der Waals surface area (Å²) < 4.78 is 10.9. The molecule has 0 radical (unpaired) electrons. The van der Waals surface area contributed by atoms with E-state index < -0.39 is 0 Å². The topological polar surface area (TPSA) is 24.9 Å². The van der Waals surface area contributed by atoms with Gasteiger partial charge in [0.15, 0.2) is 0 Å². The lowest BCUT2D eigenvalue weighted by Crippen LogP contribution is -2.36. The molecule has 0 spiro atoms. The maximum Gasteiger partial charge on any atom is 0.119 e. The zero-order chi connectivity index (χ0) is 19.8. The van der Waals surface area contributed by atoms with Gasteiger partial charge in [-0.2, -0.15) is 0 Å². The Balaban J connectivity index is 1.52. The minimum absolute atomic E-state index is 0.387. The molecule has 0 N–H and O–H groups in total. The second-order valence-electron chi connectivity index (χ2n) is 8.20. The van der Waals surface area contributed by atoms with Crippen LogP contribution in [0.25, 0.3) is 10.8 Å². The van der Waals surface area contributed by atoms with Gasteiger partial charge in [0, 0.05) is 37.8 Å². The van der Waals surface area contributed by atoms with Gasteiger partial charge in [-0.15, -0.1) is 0 Å². The van der Waals surface area contributed by atoms with Crippen LogP contribution in [0.15, 0.2) is 54.6 Å². The molecule has 0 amide bonds. The van der Waals surface area contributed by atoms with Crippen LogP contribution >= 0.6 is 0 Å². The molecule has 2 aliphatic heterocycles. The van der Waals surface area contributed by atoms with Crippen LogP contribution in [0, 0.1) is 0 Å². The Labute approximate surface area is 172 Å². The maximum atomic E-state index is 5.52. The van der Waals surface area contributed by atoms with Crippen LogP contribution in [0.3, 0.4) is 0 Å². The molecule has 1 saturated heterocycles. The largest absolute Gasteiger partial charge is 0.497 e. The van der Waals surface area contributed by atoms with Crippen molar-refractivity contribution < 1.29 is 9.47 Å². The summed E-state index contributed by atoms with van der Waals surface area (Å²) in [5.41, 5.74) is 5.60. The summed E-state index contributed by atoms with van der Waals surface area (Å²) in [7, 11) is 3.95. The molecule has 3 aromatic carbocycles. The minimum Gasteiger partial charge on any atom is -0.497 e. The van der Waals surface area contributed by atoms with E-state index in [2.05, 4.69) is 65.4 Å². The van der Waals surface area contributed by atoms with Gasteiger partial charge >= 0.3 is 0 Å². The zero-order valence-electron chi connectivity index (χ0n) is 17.2. The van der Waals surface area contributed by atoms with E-state index in [9.17, 15) is 0 Å². The van der Waals surface area contributed by atoms with Gasteiger partial charge < -0.3 is 19.3 Å². The smallest absolute Gasteiger partial charge is 0.119 e. The van der Waals surface area contributed by atoms with Crippen LogP contribution in [0.4, 0.5) is 5.69 Å². The SMILES string of the molecule is COc1ccc2ccc(C3CN(C)Cc4cc(N5CCOCC5)ccc43)cc2c1. The van der Waals surface area contributed by atoms with Crippen LogP contribution in [0.1, 0.15) is 22.6 Å². The Bertz CT molecular complexity index is 1030. The van der Waals surface area contributed by atoms with E-state index >= 15 is 0 Å². The number of likely N-dealkylation sites (N-methyl/N-ethyl adjacent to an activating group) is 1. The van der Waals surface area contributed by atoms with Crippen LogP contribution < -0.4 is 9.64 Å². The number of anilines is 1. The van der Waals surface area contributed by atoms with E-state index in [1.807, 2.05) is 6.07 Å². The average Bonchev–Trinajstić information content (AvgIpc) is 2.78. The van der Waals surface area contributed by atoms with Crippen molar-refractivity contribution in [2.45, 2.75) is 12.5 Å². The number of methoxy groups -OCH3 is 1. The Kier molecular flexibility index (Phi) is 4.90. The maximum absolute atomic E-state index is 5.52. The van der Waals surface area contributed by atoms with Crippen molar-refractivity contribution in [2.75, 3.05) is 51.9 Å². The number of rotatable bonds is 3. The number of benzene rings is 3. The van der Waals surface area contributed by atoms with Crippen molar-refractivity contribution in [1.29, 1.82) is 0 Å². The van der Waals surface area contributed by atoms with Gasteiger partial charge in [-0.05, 0) is 58.8 Å². The molecular formula is C25H28N2O2. The number of hydrogen-bond acceptors (Lipinski definition) is 4. The Morgan fingerprint density at radius 3 is 2.59 bits per heavy atom. The molecule has 2 heterocycles. The van der Waals surface area contributed by atoms with Crippen LogP contribution in [0.2, 0.25) is 0 Å². The second-order valence-corrected chi connectivity index (χ2v) is 8.20. The first-order valence-electron chi connectivity index (χ1n) is 10.4. The Morgan fingerprint density at radius 1 is 0.931 bits per heavy atom. The van der Waals surface area contributed by atoms with Crippen molar-refractivity contribution in [3.8, 4) is 5.75 Å². The fraction of sp³-hybridized carbons (Fsp3) is 0.360. The molecule has 3 aromatic rings. The predicted molar refractivity (Wildman–Crippen MR) is 118 cm³/mol. The number of morpholine rings is 1. The van der Waals surface area contributed by atoms with Gasteiger partial charge in [-0.1, -0.05) is 30.3 Å². The van der Waals surface area contributed by atoms with Crippen molar-refractivity contribution in [3.63, 3.8) is 0 Å². The van der Waals surface area contributed by atoms with Gasteiger partial charge in [0.1, 0.15) is 5.75 Å². The van der Waals surface area contributed by atoms with Gasteiger partial charge in [-0.3, -0.25) is 0 Å². The predicted octanol–water partition coefficient (Wildman–Crippen LogP) is 4.26. The molecule has 1 unspecified atom stereocenters. The number of hydrogen-bond donors (Lipinski definition) is 0. The quantitative estimate of drug-likeness (QED) is 0.669. The van der Waals surface area contributed by atoms with E-state index in [0.29, 0.717) is 5.92 Å². The summed E-state index contributed by atoms with van der Waals surface area (Å²) in [5, 5.41) is 2.49. The third-order valence-corrected chi connectivity index (χ3v) is 6.29. The number of nitrogens with zero attached hydrogens (tertiary/aromatic N) is 2. The van der Waals surface area contributed by atoms with E-state index in [4.69, 9.17) is 9.47 Å². The lowest BCUT2D eigenvalue weighted by Gasteiger charge is -2.35. The van der Waals surface area contributed by atoms with E-state index in [1.54, 1.807) is 7.11 Å². The van der Waals surface area contributed by atoms with E-state index in [0.717, 1.165) is 45.1 Å². The molecule has 5 rings (SSSR count). The minimum atomic E-state index is 0.387. The highest BCUT2D eigenvalue weighted by Gasteiger charge is 2.26. The zero-order valence-corrected chi connectivity index (χ0v) is 17.2. The molecule has 2 aliphatic rings. The summed E-state index contributed by atoms with van der Waals surface area (Å²) in [6, 6.07) is 20.2. The Hall–Kier alpha value is -2.56. The lowest BCUT2D eigenvalue weighted by atomic mass is 9.84. The fourth-order valence-corrected chi connectivity index (χ4v) is 4.72.